The summed E-state index contributed by atoms with van der Waals surface area (Å²) in [5.41, 5.74) is 0.731. The van der Waals surface area contributed by atoms with Crippen LogP contribution in [0.5, 0.6) is 0 Å². The van der Waals surface area contributed by atoms with Crippen LogP contribution in [0.3, 0.4) is 0 Å². The molecular formula is C19H22N2O5S. The van der Waals surface area contributed by atoms with Gasteiger partial charge in [0.2, 0.25) is 10.0 Å². The maximum Gasteiger partial charge on any atom is 0.321 e. The van der Waals surface area contributed by atoms with Crippen molar-refractivity contribution in [2.45, 2.75) is 11.4 Å². The van der Waals surface area contributed by atoms with Gasteiger partial charge in [-0.2, -0.15) is 4.31 Å². The molecular weight excluding hydrogens is 368 g/mol. The molecule has 0 fully saturated rings. The fourth-order valence-electron chi connectivity index (χ4n) is 2.22. The quantitative estimate of drug-likeness (QED) is 0.638. The first-order valence-corrected chi connectivity index (χ1v) is 9.69. The monoisotopic (exact) mass is 390 g/mol. The lowest BCUT2D eigenvalue weighted by atomic mass is 10.2. The Kier molecular flexibility index (Phi) is 7.09. The van der Waals surface area contributed by atoms with Crippen LogP contribution in [0.4, 0.5) is 0 Å². The minimum absolute atomic E-state index is 0.00872. The smallest absolute Gasteiger partial charge is 0.321 e. The van der Waals surface area contributed by atoms with Crippen LogP contribution < -0.4 is 0 Å². The Hall–Kier alpha value is -2.71. The second-order valence-electron chi connectivity index (χ2n) is 6.02. The highest BCUT2D eigenvalue weighted by Gasteiger charge is 2.27. The summed E-state index contributed by atoms with van der Waals surface area (Å²) in [5, 5.41) is 0. The standard InChI is InChI=1S/C19H22N2O5S/c1-20(2)18(22)15-26-19(23)14-21(13-16-9-5-3-6-10-16)27(24,25)17-11-7-4-8-12-17/h3-12H,13-15H2,1-2H3. The van der Waals surface area contributed by atoms with E-state index in [-0.39, 0.29) is 17.3 Å². The van der Waals surface area contributed by atoms with Crippen molar-refractivity contribution >= 4 is 21.9 Å². The van der Waals surface area contributed by atoms with Gasteiger partial charge in [0.25, 0.3) is 5.91 Å². The molecule has 0 saturated heterocycles. The van der Waals surface area contributed by atoms with Gasteiger partial charge >= 0.3 is 5.97 Å². The minimum Gasteiger partial charge on any atom is -0.455 e. The van der Waals surface area contributed by atoms with Gasteiger partial charge in [0.15, 0.2) is 6.61 Å². The highest BCUT2D eigenvalue weighted by Crippen LogP contribution is 2.18. The predicted octanol–water partition coefficient (Wildman–Crippen LogP) is 1.51. The zero-order chi connectivity index (χ0) is 19.9. The molecule has 2 aromatic carbocycles. The van der Waals surface area contributed by atoms with Crippen LogP contribution in [0, 0.1) is 0 Å². The van der Waals surface area contributed by atoms with Gasteiger partial charge in [0.1, 0.15) is 6.54 Å². The average Bonchev–Trinajstić information content (AvgIpc) is 2.67. The van der Waals surface area contributed by atoms with Gasteiger partial charge in [0, 0.05) is 20.6 Å². The number of carbonyl (C=O) groups is 2. The molecule has 0 atom stereocenters. The highest BCUT2D eigenvalue weighted by molar-refractivity contribution is 7.89. The zero-order valence-corrected chi connectivity index (χ0v) is 16.1. The molecule has 0 saturated carbocycles. The van der Waals surface area contributed by atoms with Crippen molar-refractivity contribution in [3.8, 4) is 0 Å². The molecule has 2 aromatic rings. The molecule has 0 unspecified atom stereocenters. The Balaban J connectivity index is 2.20. The number of benzene rings is 2. The molecule has 0 heterocycles. The topological polar surface area (TPSA) is 84.0 Å². The third-order valence-corrected chi connectivity index (χ3v) is 5.55. The molecule has 0 radical (unpaired) electrons. The summed E-state index contributed by atoms with van der Waals surface area (Å²) in [6.07, 6.45) is 0. The molecule has 0 spiro atoms. The van der Waals surface area contributed by atoms with Crippen molar-refractivity contribution in [1.29, 1.82) is 0 Å². The van der Waals surface area contributed by atoms with Gasteiger partial charge in [-0.15, -0.1) is 0 Å². The molecule has 8 heteroatoms. The van der Waals surface area contributed by atoms with Crippen molar-refractivity contribution in [2.75, 3.05) is 27.2 Å². The highest BCUT2D eigenvalue weighted by atomic mass is 32.2. The number of amides is 1. The van der Waals surface area contributed by atoms with E-state index in [1.54, 1.807) is 42.5 Å². The van der Waals surface area contributed by atoms with Crippen molar-refractivity contribution in [2.24, 2.45) is 0 Å². The molecule has 0 bridgehead atoms. The molecule has 2 rings (SSSR count). The summed E-state index contributed by atoms with van der Waals surface area (Å²) in [6.45, 7) is -0.919. The van der Waals surface area contributed by atoms with Gasteiger partial charge in [-0.3, -0.25) is 9.59 Å². The number of ether oxygens (including phenoxy) is 1. The molecule has 0 aromatic heterocycles. The van der Waals surface area contributed by atoms with E-state index < -0.39 is 29.1 Å². The lowest BCUT2D eigenvalue weighted by Gasteiger charge is -2.21. The number of nitrogens with zero attached hydrogens (tertiary/aromatic N) is 2. The number of carbonyl (C=O) groups excluding carboxylic acids is 2. The van der Waals surface area contributed by atoms with E-state index in [1.807, 2.05) is 6.07 Å². The van der Waals surface area contributed by atoms with Crippen LogP contribution >= 0.6 is 0 Å². The van der Waals surface area contributed by atoms with E-state index in [4.69, 9.17) is 4.74 Å². The maximum absolute atomic E-state index is 13.0. The third kappa shape index (κ3) is 5.90. The first kappa shape index (κ1) is 20.6. The maximum atomic E-state index is 13.0. The van der Waals surface area contributed by atoms with Crippen LogP contribution in [-0.2, 0) is 30.9 Å². The summed E-state index contributed by atoms with van der Waals surface area (Å²) in [5.74, 6) is -1.18. The SMILES string of the molecule is CN(C)C(=O)COC(=O)CN(Cc1ccccc1)S(=O)(=O)c1ccccc1. The van der Waals surface area contributed by atoms with E-state index in [2.05, 4.69) is 0 Å². The summed E-state index contributed by atoms with van der Waals surface area (Å²) < 4.78 is 31.9. The van der Waals surface area contributed by atoms with E-state index >= 15 is 0 Å². The van der Waals surface area contributed by atoms with Crippen LogP contribution in [0.15, 0.2) is 65.6 Å². The third-order valence-electron chi connectivity index (χ3n) is 3.74. The van der Waals surface area contributed by atoms with Gasteiger partial charge in [0.05, 0.1) is 4.90 Å². The number of esters is 1. The summed E-state index contributed by atoms with van der Waals surface area (Å²) in [4.78, 5) is 25.1. The van der Waals surface area contributed by atoms with Crippen molar-refractivity contribution in [3.05, 3.63) is 66.2 Å². The van der Waals surface area contributed by atoms with E-state index in [1.165, 1.54) is 31.1 Å². The Labute approximate surface area is 159 Å². The predicted molar refractivity (Wildman–Crippen MR) is 100 cm³/mol. The van der Waals surface area contributed by atoms with Gasteiger partial charge < -0.3 is 9.64 Å². The van der Waals surface area contributed by atoms with Crippen LogP contribution in [-0.4, -0.2) is 56.7 Å². The normalized spacial score (nSPS) is 11.2. The van der Waals surface area contributed by atoms with Gasteiger partial charge in [-0.25, -0.2) is 8.42 Å². The minimum atomic E-state index is -3.91. The van der Waals surface area contributed by atoms with Crippen LogP contribution in [0.2, 0.25) is 0 Å². The van der Waals surface area contributed by atoms with E-state index in [9.17, 15) is 18.0 Å². The van der Waals surface area contributed by atoms with Gasteiger partial charge in [-0.1, -0.05) is 48.5 Å². The molecule has 7 nitrogen and oxygen atoms in total. The average molecular weight is 390 g/mol. The molecule has 0 aliphatic rings. The Bertz CT molecular complexity index is 867. The Morgan fingerprint density at radius 2 is 1.48 bits per heavy atom. The largest absolute Gasteiger partial charge is 0.455 e. The molecule has 0 aliphatic heterocycles. The lowest BCUT2D eigenvalue weighted by molar-refractivity contribution is -0.151. The molecule has 1 amide bonds. The first-order valence-electron chi connectivity index (χ1n) is 8.25. The van der Waals surface area contributed by atoms with Crippen LogP contribution in [0.25, 0.3) is 0 Å². The molecule has 27 heavy (non-hydrogen) atoms. The van der Waals surface area contributed by atoms with Gasteiger partial charge in [-0.05, 0) is 17.7 Å². The number of hydrogen-bond acceptors (Lipinski definition) is 5. The fraction of sp³-hybridized carbons (Fsp3) is 0.263. The molecule has 144 valence electrons. The Morgan fingerprint density at radius 1 is 0.926 bits per heavy atom. The number of sulfonamides is 1. The van der Waals surface area contributed by atoms with E-state index in [0.29, 0.717) is 0 Å². The number of hydrogen-bond donors (Lipinski definition) is 0. The summed E-state index contributed by atoms with van der Waals surface area (Å²) in [6, 6.07) is 16.8. The van der Waals surface area contributed by atoms with Crippen molar-refractivity contribution < 1.29 is 22.7 Å². The summed E-state index contributed by atoms with van der Waals surface area (Å²) in [7, 11) is -0.833. The fourth-order valence-corrected chi connectivity index (χ4v) is 3.61. The second kappa shape index (κ2) is 9.29. The lowest BCUT2D eigenvalue weighted by Crippen LogP contribution is -2.37. The molecule has 0 aliphatic carbocycles. The number of likely N-dealkylation sites (N-methyl/N-ethyl adjacent to an activating group) is 1. The second-order valence-corrected chi connectivity index (χ2v) is 7.96. The zero-order valence-electron chi connectivity index (χ0n) is 15.2. The molecule has 0 N–H and O–H groups in total. The van der Waals surface area contributed by atoms with Crippen molar-refractivity contribution in [1.82, 2.24) is 9.21 Å². The first-order chi connectivity index (χ1) is 12.8. The number of rotatable bonds is 8. The van der Waals surface area contributed by atoms with E-state index in [0.717, 1.165) is 9.87 Å². The van der Waals surface area contributed by atoms with Crippen molar-refractivity contribution in [3.63, 3.8) is 0 Å². The van der Waals surface area contributed by atoms with Crippen LogP contribution in [0.1, 0.15) is 5.56 Å². The Morgan fingerprint density at radius 3 is 2.04 bits per heavy atom. The summed E-state index contributed by atoms with van der Waals surface area (Å²) >= 11 is 0.